The number of piperidine rings is 1. The highest BCUT2D eigenvalue weighted by Crippen LogP contribution is 2.52. The van der Waals surface area contributed by atoms with E-state index in [4.69, 9.17) is 14.5 Å². The second-order valence-corrected chi connectivity index (χ2v) is 24.8. The predicted octanol–water partition coefficient (Wildman–Crippen LogP) is 11.5. The lowest BCUT2D eigenvalue weighted by atomic mass is 9.68. The summed E-state index contributed by atoms with van der Waals surface area (Å²) in [4.78, 5) is 16.3. The first-order valence-electron chi connectivity index (χ1n) is 20.8. The van der Waals surface area contributed by atoms with Gasteiger partial charge in [-0.15, -0.1) is 0 Å². The fourth-order valence-corrected chi connectivity index (χ4v) is 9.60. The third-order valence-electron chi connectivity index (χ3n) is 13.0. The van der Waals surface area contributed by atoms with Gasteiger partial charge in [0, 0.05) is 67.9 Å². The van der Waals surface area contributed by atoms with E-state index in [0.717, 1.165) is 36.9 Å². The molecule has 1 N–H and O–H groups in total. The van der Waals surface area contributed by atoms with E-state index in [-0.39, 0.29) is 53.2 Å². The number of hydrogen-bond acceptors (Lipinski definition) is 7. The van der Waals surface area contributed by atoms with Crippen LogP contribution in [0.5, 0.6) is 5.75 Å². The van der Waals surface area contributed by atoms with Crippen molar-refractivity contribution in [2.75, 3.05) is 37.4 Å². The van der Waals surface area contributed by atoms with Crippen LogP contribution in [0.25, 0.3) is 0 Å². The van der Waals surface area contributed by atoms with Gasteiger partial charge in [0.15, 0.2) is 11.9 Å². The van der Waals surface area contributed by atoms with Crippen molar-refractivity contribution in [3.05, 3.63) is 75.9 Å². The molecule has 1 aliphatic heterocycles. The highest BCUT2D eigenvalue weighted by atomic mass is 28.3. The lowest BCUT2D eigenvalue weighted by Crippen LogP contribution is -2.42. The number of aliphatic hydroxyl groups excluding tert-OH is 1. The third-order valence-corrected chi connectivity index (χ3v) is 18.0. The van der Waals surface area contributed by atoms with Gasteiger partial charge in [-0.05, 0) is 78.2 Å². The summed E-state index contributed by atoms with van der Waals surface area (Å²) in [6, 6.07) is 4.02. The van der Waals surface area contributed by atoms with Crippen LogP contribution >= 0.6 is 0 Å². The standard InChI is InChI=1S/C44H60F6N4O3Si/c1-41(2,3)58(6,7)27-56-21-8-22-57-32-25-51-40(52-26-32)54-19-15-30(16-20-54)39-37(38(45)29-9-11-31(12-10-29)44(48,49)50)35(28-13-17-43(46,47)18-14-28)36-33(53-39)23-42(4,5)24-34(36)55/h9-12,25-26,28,30,34,38,55H,8,13-24,27H2,1-7H3. The lowest BCUT2D eigenvalue weighted by molar-refractivity contribution is -0.137. The minimum atomic E-state index is -4.59. The molecule has 2 aromatic heterocycles. The van der Waals surface area contributed by atoms with E-state index in [9.17, 15) is 27.1 Å². The van der Waals surface area contributed by atoms with Crippen LogP contribution < -0.4 is 9.64 Å². The Bertz CT molecular complexity index is 1850. The summed E-state index contributed by atoms with van der Waals surface area (Å²) in [5, 5.41) is 11.9. The number of ether oxygens (including phenoxy) is 2. The van der Waals surface area contributed by atoms with Crippen molar-refractivity contribution in [2.45, 2.75) is 147 Å². The molecule has 3 aromatic rings. The highest BCUT2D eigenvalue weighted by Gasteiger charge is 2.44. The smallest absolute Gasteiger partial charge is 0.416 e. The molecule has 1 aromatic carbocycles. The minimum Gasteiger partial charge on any atom is -0.490 e. The van der Waals surface area contributed by atoms with Gasteiger partial charge < -0.3 is 19.5 Å². The van der Waals surface area contributed by atoms with Gasteiger partial charge in [0.25, 0.3) is 0 Å². The van der Waals surface area contributed by atoms with Crippen LogP contribution in [0.1, 0.15) is 149 Å². The van der Waals surface area contributed by atoms with Gasteiger partial charge in [-0.2, -0.15) is 13.2 Å². The number of hydrogen-bond donors (Lipinski definition) is 1. The Morgan fingerprint density at radius 3 is 2.12 bits per heavy atom. The second-order valence-electron chi connectivity index (χ2n) is 19.2. The Balaban J connectivity index is 1.23. The summed E-state index contributed by atoms with van der Waals surface area (Å²) in [5.74, 6) is -2.45. The van der Waals surface area contributed by atoms with Crippen molar-refractivity contribution in [3.8, 4) is 5.75 Å². The molecule has 58 heavy (non-hydrogen) atoms. The van der Waals surface area contributed by atoms with Crippen molar-refractivity contribution in [1.29, 1.82) is 0 Å². The summed E-state index contributed by atoms with van der Waals surface area (Å²) >= 11 is 0. The SMILES string of the molecule is CC1(C)Cc2nc(C3CCN(c4ncc(OCCCOC[Si](C)(C)C(C)(C)C)cn4)CC3)c(C(F)c3ccc(C(F)(F)F)cc3)c(C3CCC(F)(F)CC3)c2C(O)C1. The maximum absolute atomic E-state index is 17.3. The van der Waals surface area contributed by atoms with Crippen LogP contribution in [0, 0.1) is 5.41 Å². The average molecular weight is 835 g/mol. The number of fused-ring (bicyclic) bond motifs is 1. The van der Waals surface area contributed by atoms with Gasteiger partial charge in [-0.1, -0.05) is 59.8 Å². The normalized spacial score (nSPS) is 21.1. The quantitative estimate of drug-likeness (QED) is 0.111. The number of aromatic nitrogens is 3. The van der Waals surface area contributed by atoms with E-state index in [2.05, 4.69) is 43.8 Å². The number of halogens is 6. The molecule has 2 unspecified atom stereocenters. The molecule has 3 heterocycles. The number of pyridine rings is 1. The molecule has 7 nitrogen and oxygen atoms in total. The van der Waals surface area contributed by atoms with Crippen LogP contribution in [0.15, 0.2) is 36.7 Å². The second kappa shape index (κ2) is 17.0. The van der Waals surface area contributed by atoms with E-state index in [1.807, 2.05) is 18.7 Å². The molecule has 1 saturated carbocycles. The average Bonchev–Trinajstić information content (AvgIpc) is 3.14. The number of anilines is 1. The zero-order valence-corrected chi connectivity index (χ0v) is 36.0. The Hall–Kier alpha value is -3.23. The lowest BCUT2D eigenvalue weighted by Gasteiger charge is -2.41. The van der Waals surface area contributed by atoms with E-state index >= 15 is 4.39 Å². The van der Waals surface area contributed by atoms with E-state index in [1.165, 1.54) is 0 Å². The van der Waals surface area contributed by atoms with Crippen molar-refractivity contribution < 1.29 is 40.9 Å². The van der Waals surface area contributed by atoms with Gasteiger partial charge >= 0.3 is 6.18 Å². The Kier molecular flexibility index (Phi) is 13.0. The van der Waals surface area contributed by atoms with Crippen LogP contribution in [-0.4, -0.2) is 66.6 Å². The van der Waals surface area contributed by atoms with Crippen LogP contribution in [-0.2, 0) is 17.3 Å². The molecule has 0 bridgehead atoms. The van der Waals surface area contributed by atoms with Crippen molar-refractivity contribution in [3.63, 3.8) is 0 Å². The monoisotopic (exact) mass is 834 g/mol. The number of nitrogens with zero attached hydrogens (tertiary/aromatic N) is 4. The molecule has 2 aliphatic carbocycles. The molecule has 1 saturated heterocycles. The topological polar surface area (TPSA) is 80.6 Å². The Morgan fingerprint density at radius 2 is 1.53 bits per heavy atom. The largest absolute Gasteiger partial charge is 0.490 e. The maximum Gasteiger partial charge on any atom is 0.416 e. The van der Waals surface area contributed by atoms with Gasteiger partial charge in [0.2, 0.25) is 11.9 Å². The maximum atomic E-state index is 17.3. The molecule has 0 amide bonds. The summed E-state index contributed by atoms with van der Waals surface area (Å²) in [5.41, 5.74) is 1.22. The number of rotatable bonds is 12. The van der Waals surface area contributed by atoms with Crippen molar-refractivity contribution in [1.82, 2.24) is 15.0 Å². The van der Waals surface area contributed by atoms with E-state index < -0.39 is 43.9 Å². The zero-order chi connectivity index (χ0) is 42.3. The fraction of sp³-hybridized carbons (Fsp3) is 0.659. The molecular weight excluding hydrogens is 775 g/mol. The first-order valence-corrected chi connectivity index (χ1v) is 24.0. The summed E-state index contributed by atoms with van der Waals surface area (Å²) in [6.07, 6.45) is -1.11. The molecule has 320 valence electrons. The molecule has 0 radical (unpaired) electrons. The third kappa shape index (κ3) is 10.2. The van der Waals surface area contributed by atoms with Crippen molar-refractivity contribution in [2.24, 2.45) is 5.41 Å². The van der Waals surface area contributed by atoms with Gasteiger partial charge in [-0.25, -0.2) is 23.1 Å². The molecule has 14 heteroatoms. The number of benzene rings is 1. The van der Waals surface area contributed by atoms with Crippen LogP contribution in [0.4, 0.5) is 32.3 Å². The van der Waals surface area contributed by atoms with Gasteiger partial charge in [0.1, 0.15) is 0 Å². The van der Waals surface area contributed by atoms with Gasteiger partial charge in [0.05, 0.1) is 44.4 Å². The Morgan fingerprint density at radius 1 is 0.914 bits per heavy atom. The number of aliphatic hydroxyl groups is 1. The van der Waals surface area contributed by atoms with E-state index in [0.29, 0.717) is 86.2 Å². The molecule has 3 aliphatic rings. The minimum absolute atomic E-state index is 0.0239. The predicted molar refractivity (Wildman–Crippen MR) is 216 cm³/mol. The summed E-state index contributed by atoms with van der Waals surface area (Å²) in [7, 11) is -1.50. The highest BCUT2D eigenvalue weighted by molar-refractivity contribution is 6.80. The summed E-state index contributed by atoms with van der Waals surface area (Å²) < 4.78 is 98.9. The molecular formula is C44H60F6N4O3Si. The molecule has 0 spiro atoms. The zero-order valence-electron chi connectivity index (χ0n) is 35.0. The van der Waals surface area contributed by atoms with Crippen molar-refractivity contribution >= 4 is 14.0 Å². The summed E-state index contributed by atoms with van der Waals surface area (Å²) in [6.45, 7) is 17.7. The van der Waals surface area contributed by atoms with Crippen LogP contribution in [0.3, 0.4) is 0 Å². The molecule has 2 fully saturated rings. The fourth-order valence-electron chi connectivity index (χ4n) is 8.51. The Labute approximate surface area is 340 Å². The molecule has 2 atom stereocenters. The molecule has 6 rings (SSSR count). The van der Waals surface area contributed by atoms with Gasteiger partial charge in [-0.3, -0.25) is 4.98 Å². The van der Waals surface area contributed by atoms with E-state index in [1.54, 1.807) is 12.4 Å². The number of alkyl halides is 6. The van der Waals surface area contributed by atoms with Crippen LogP contribution in [0.2, 0.25) is 18.1 Å². The first-order chi connectivity index (χ1) is 27.1. The first kappa shape index (κ1) is 44.3.